The Kier molecular flexibility index (Phi) is 6.59. The summed E-state index contributed by atoms with van der Waals surface area (Å²) < 4.78 is 21.1. The molecular weight excluding hydrogens is 352 g/mol. The summed E-state index contributed by atoms with van der Waals surface area (Å²) in [6, 6.07) is 8.55. The Balaban J connectivity index is 2.33. The summed E-state index contributed by atoms with van der Waals surface area (Å²) in [4.78, 5) is 37.3. The molecule has 1 aliphatic heterocycles. The van der Waals surface area contributed by atoms with Gasteiger partial charge in [0.05, 0.1) is 26.2 Å². The van der Waals surface area contributed by atoms with Crippen LogP contribution in [0.15, 0.2) is 30.3 Å². The van der Waals surface area contributed by atoms with Gasteiger partial charge >= 0.3 is 17.9 Å². The second kappa shape index (κ2) is 8.52. The molecule has 1 heterocycles. The molecule has 0 radical (unpaired) electrons. The van der Waals surface area contributed by atoms with Gasteiger partial charge < -0.3 is 18.9 Å². The first-order valence-corrected chi connectivity index (χ1v) is 8.84. The smallest absolute Gasteiger partial charge is 0.351 e. The fourth-order valence-electron chi connectivity index (χ4n) is 3.28. The van der Waals surface area contributed by atoms with Crippen LogP contribution >= 0.6 is 0 Å². The lowest BCUT2D eigenvalue weighted by atomic mass is 9.84. The van der Waals surface area contributed by atoms with E-state index in [1.165, 1.54) is 14.2 Å². The van der Waals surface area contributed by atoms with Crippen molar-refractivity contribution in [2.45, 2.75) is 56.8 Å². The third kappa shape index (κ3) is 5.07. The van der Waals surface area contributed by atoms with Crippen molar-refractivity contribution in [1.82, 2.24) is 0 Å². The Bertz CT molecular complexity index is 683. The van der Waals surface area contributed by atoms with Crippen LogP contribution in [0.4, 0.5) is 0 Å². The van der Waals surface area contributed by atoms with Crippen LogP contribution in [0.2, 0.25) is 0 Å². The molecule has 2 atom stereocenters. The predicted octanol–water partition coefficient (Wildman–Crippen LogP) is 2.72. The van der Waals surface area contributed by atoms with E-state index in [9.17, 15) is 14.4 Å². The van der Waals surface area contributed by atoms with Crippen LogP contribution in [0, 0.1) is 0 Å². The molecule has 0 saturated carbocycles. The lowest BCUT2D eigenvalue weighted by Crippen LogP contribution is -2.53. The van der Waals surface area contributed by atoms with Crippen molar-refractivity contribution in [2.24, 2.45) is 0 Å². The third-order valence-corrected chi connectivity index (χ3v) is 4.60. The van der Waals surface area contributed by atoms with Gasteiger partial charge in [-0.3, -0.25) is 4.79 Å². The van der Waals surface area contributed by atoms with E-state index in [0.717, 1.165) is 6.42 Å². The van der Waals surface area contributed by atoms with Gasteiger partial charge in [-0.15, -0.1) is 0 Å². The highest BCUT2D eigenvalue weighted by Gasteiger charge is 2.51. The molecule has 0 bridgehead atoms. The number of esters is 3. The summed E-state index contributed by atoms with van der Waals surface area (Å²) in [7, 11) is 2.47. The monoisotopic (exact) mass is 378 g/mol. The summed E-state index contributed by atoms with van der Waals surface area (Å²) in [6.45, 7) is 3.70. The second-order valence-electron chi connectivity index (χ2n) is 7.18. The minimum Gasteiger partial charge on any atom is -0.469 e. The second-order valence-corrected chi connectivity index (χ2v) is 7.18. The molecule has 1 aromatic carbocycles. The van der Waals surface area contributed by atoms with Crippen LogP contribution in [-0.2, 0) is 33.3 Å². The molecule has 0 amide bonds. The van der Waals surface area contributed by atoms with E-state index in [1.807, 2.05) is 13.8 Å². The maximum absolute atomic E-state index is 13.1. The Morgan fingerprint density at radius 2 is 1.74 bits per heavy atom. The van der Waals surface area contributed by atoms with Crippen LogP contribution in [0.5, 0.6) is 0 Å². The fourth-order valence-corrected chi connectivity index (χ4v) is 3.28. The largest absolute Gasteiger partial charge is 0.469 e. The lowest BCUT2D eigenvalue weighted by molar-refractivity contribution is -0.217. The summed E-state index contributed by atoms with van der Waals surface area (Å²) in [6.07, 6.45) is 0.184. The van der Waals surface area contributed by atoms with Crippen LogP contribution < -0.4 is 0 Å². The average Bonchev–Trinajstić information content (AvgIpc) is 2.65. The van der Waals surface area contributed by atoms with E-state index in [0.29, 0.717) is 18.4 Å². The van der Waals surface area contributed by atoms with E-state index in [2.05, 4.69) is 0 Å². The highest BCUT2D eigenvalue weighted by Crippen LogP contribution is 2.39. The van der Waals surface area contributed by atoms with E-state index < -0.39 is 35.2 Å². The molecule has 0 spiro atoms. The number of hydrogen-bond donors (Lipinski definition) is 0. The number of carbonyl (C=O) groups is 3. The first-order valence-electron chi connectivity index (χ1n) is 8.84. The van der Waals surface area contributed by atoms with Gasteiger partial charge in [0.15, 0.2) is 5.60 Å². The first kappa shape index (κ1) is 20.9. The van der Waals surface area contributed by atoms with Crippen LogP contribution in [0.25, 0.3) is 0 Å². The van der Waals surface area contributed by atoms with Gasteiger partial charge in [0.25, 0.3) is 0 Å². The Morgan fingerprint density at radius 3 is 2.30 bits per heavy atom. The molecule has 0 aliphatic carbocycles. The van der Waals surface area contributed by atoms with Gasteiger partial charge in [-0.2, -0.15) is 0 Å². The highest BCUT2D eigenvalue weighted by molar-refractivity contribution is 5.88. The summed E-state index contributed by atoms with van der Waals surface area (Å²) in [5, 5.41) is 0. The minimum absolute atomic E-state index is 0.283. The highest BCUT2D eigenvalue weighted by atomic mass is 16.6. The molecular formula is C20H26O7. The molecule has 0 N–H and O–H groups in total. The maximum Gasteiger partial charge on any atom is 0.351 e. The standard InChI is InChI=1S/C20H26O7/c1-19(2)11-8-12-20(27-19,13-15(21)24-3)18(23)26-16(17(22)25-4)14-9-6-5-7-10-14/h5-7,9-10,16H,8,11-13H2,1-4H3. The number of benzene rings is 1. The van der Waals surface area contributed by atoms with Gasteiger partial charge in [-0.05, 0) is 33.1 Å². The molecule has 7 nitrogen and oxygen atoms in total. The predicted molar refractivity (Wildman–Crippen MR) is 95.7 cm³/mol. The number of carbonyl (C=O) groups excluding carboxylic acids is 3. The summed E-state index contributed by atoms with van der Waals surface area (Å²) in [5.41, 5.74) is -1.64. The molecule has 1 aromatic rings. The van der Waals surface area contributed by atoms with Gasteiger partial charge in [-0.25, -0.2) is 9.59 Å². The van der Waals surface area contributed by atoms with Crippen LogP contribution in [0.3, 0.4) is 0 Å². The summed E-state index contributed by atoms with van der Waals surface area (Å²) >= 11 is 0. The number of ether oxygens (including phenoxy) is 4. The van der Waals surface area contributed by atoms with E-state index >= 15 is 0 Å². The van der Waals surface area contributed by atoms with Crippen molar-refractivity contribution >= 4 is 17.9 Å². The Labute approximate surface area is 158 Å². The van der Waals surface area contributed by atoms with Crippen molar-refractivity contribution in [1.29, 1.82) is 0 Å². The van der Waals surface area contributed by atoms with Crippen LogP contribution in [-0.4, -0.2) is 43.3 Å². The number of rotatable bonds is 6. The zero-order valence-electron chi connectivity index (χ0n) is 16.2. The first-order chi connectivity index (χ1) is 12.7. The van der Waals surface area contributed by atoms with Crippen molar-refractivity contribution in [3.63, 3.8) is 0 Å². The normalized spacial score (nSPS) is 22.4. The molecule has 1 fully saturated rings. The molecule has 7 heteroatoms. The lowest BCUT2D eigenvalue weighted by Gasteiger charge is -2.43. The third-order valence-electron chi connectivity index (χ3n) is 4.60. The van der Waals surface area contributed by atoms with E-state index in [1.54, 1.807) is 30.3 Å². The van der Waals surface area contributed by atoms with E-state index in [-0.39, 0.29) is 6.42 Å². The quantitative estimate of drug-likeness (QED) is 0.555. The van der Waals surface area contributed by atoms with Crippen molar-refractivity contribution in [2.75, 3.05) is 14.2 Å². The SMILES string of the molecule is COC(=O)CC1(C(=O)OC(C(=O)OC)c2ccccc2)CCCC(C)(C)O1. The van der Waals surface area contributed by atoms with Crippen molar-refractivity contribution < 1.29 is 33.3 Å². The molecule has 148 valence electrons. The van der Waals surface area contributed by atoms with E-state index in [4.69, 9.17) is 18.9 Å². The molecule has 2 rings (SSSR count). The van der Waals surface area contributed by atoms with Gasteiger partial charge in [-0.1, -0.05) is 30.3 Å². The molecule has 1 saturated heterocycles. The van der Waals surface area contributed by atoms with Gasteiger partial charge in [0, 0.05) is 5.56 Å². The van der Waals surface area contributed by atoms with Gasteiger partial charge in [0.1, 0.15) is 0 Å². The Morgan fingerprint density at radius 1 is 1.07 bits per heavy atom. The molecule has 1 aliphatic rings. The zero-order chi connectivity index (χ0) is 20.1. The maximum atomic E-state index is 13.1. The molecule has 27 heavy (non-hydrogen) atoms. The average molecular weight is 378 g/mol. The summed E-state index contributed by atoms with van der Waals surface area (Å²) in [5.74, 6) is -2.07. The van der Waals surface area contributed by atoms with Crippen molar-refractivity contribution in [3.8, 4) is 0 Å². The molecule has 0 aromatic heterocycles. The minimum atomic E-state index is -1.50. The van der Waals surface area contributed by atoms with Crippen LogP contribution in [0.1, 0.15) is 51.2 Å². The van der Waals surface area contributed by atoms with Gasteiger partial charge in [0.2, 0.25) is 6.10 Å². The molecule has 2 unspecified atom stereocenters. The van der Waals surface area contributed by atoms with Crippen molar-refractivity contribution in [3.05, 3.63) is 35.9 Å². The zero-order valence-corrected chi connectivity index (χ0v) is 16.2. The fraction of sp³-hybridized carbons (Fsp3) is 0.550. The number of hydrogen-bond acceptors (Lipinski definition) is 7. The topological polar surface area (TPSA) is 88.1 Å². The number of methoxy groups -OCH3 is 2. The Hall–Kier alpha value is -2.41.